The normalized spacial score (nSPS) is 13.5. The molecule has 6 heteroatoms. The van der Waals surface area contributed by atoms with Crippen molar-refractivity contribution >= 4 is 17.2 Å². The van der Waals surface area contributed by atoms with E-state index in [0.717, 1.165) is 5.56 Å². The molecule has 1 rings (SSSR count). The molecule has 0 heterocycles. The quantitative estimate of drug-likeness (QED) is 0.815. The summed E-state index contributed by atoms with van der Waals surface area (Å²) in [5.74, 6) is 0. The van der Waals surface area contributed by atoms with Crippen molar-refractivity contribution in [2.75, 3.05) is 13.1 Å². The molecule has 0 amide bonds. The van der Waals surface area contributed by atoms with Gasteiger partial charge in [0.2, 0.25) is 0 Å². The van der Waals surface area contributed by atoms with Crippen molar-refractivity contribution in [2.24, 2.45) is 5.73 Å². The Labute approximate surface area is 116 Å². The van der Waals surface area contributed by atoms with Crippen molar-refractivity contribution in [1.29, 1.82) is 0 Å². The molecule has 0 saturated carbocycles. The fourth-order valence-corrected chi connectivity index (χ4v) is 2.15. The minimum absolute atomic E-state index is 0.217. The lowest BCUT2D eigenvalue weighted by molar-refractivity contribution is -0.150. The third kappa shape index (κ3) is 5.57. The Bertz CT molecular complexity index is 406. The van der Waals surface area contributed by atoms with Crippen LogP contribution < -0.4 is 5.73 Å². The summed E-state index contributed by atoms with van der Waals surface area (Å²) in [6, 6.07) is 8.56. The van der Waals surface area contributed by atoms with Crippen LogP contribution in [0.5, 0.6) is 0 Å². The molecule has 0 aliphatic carbocycles. The van der Waals surface area contributed by atoms with Crippen LogP contribution in [0.2, 0.25) is 0 Å². The highest BCUT2D eigenvalue weighted by atomic mass is 32.1. The Balaban J connectivity index is 2.98. The first-order chi connectivity index (χ1) is 8.83. The number of hydrogen-bond donors (Lipinski definition) is 1. The Morgan fingerprint density at radius 1 is 1.32 bits per heavy atom. The maximum Gasteiger partial charge on any atom is 0.401 e. The average molecular weight is 290 g/mol. The molecule has 1 atom stereocenters. The van der Waals surface area contributed by atoms with Crippen LogP contribution in [0, 0.1) is 0 Å². The Morgan fingerprint density at radius 3 is 2.32 bits per heavy atom. The molecule has 0 spiro atoms. The molecule has 19 heavy (non-hydrogen) atoms. The SMILES string of the molecule is CCN(CC(F)(F)F)C(CC(N)=S)c1ccccc1. The standard InChI is InChI=1S/C13H17F3N2S/c1-2-18(9-13(14,15)16)11(8-12(17)19)10-6-4-3-5-7-10/h3-7,11H,2,8-9H2,1H3,(H2,17,19). The summed E-state index contributed by atoms with van der Waals surface area (Å²) in [6.07, 6.45) is -4.00. The van der Waals surface area contributed by atoms with E-state index in [2.05, 4.69) is 0 Å². The van der Waals surface area contributed by atoms with Crippen molar-refractivity contribution in [2.45, 2.75) is 25.6 Å². The summed E-state index contributed by atoms with van der Waals surface area (Å²) in [5.41, 5.74) is 6.30. The lowest BCUT2D eigenvalue weighted by Crippen LogP contribution is -2.38. The third-order valence-corrected chi connectivity index (χ3v) is 2.97. The lowest BCUT2D eigenvalue weighted by atomic mass is 10.0. The van der Waals surface area contributed by atoms with Gasteiger partial charge in [-0.25, -0.2) is 0 Å². The van der Waals surface area contributed by atoms with Gasteiger partial charge in [-0.1, -0.05) is 49.5 Å². The summed E-state index contributed by atoms with van der Waals surface area (Å²) in [7, 11) is 0. The number of nitrogens with zero attached hydrogens (tertiary/aromatic N) is 1. The number of halogens is 3. The predicted molar refractivity (Wildman–Crippen MR) is 73.9 cm³/mol. The molecule has 1 aromatic rings. The third-order valence-electron chi connectivity index (χ3n) is 2.81. The molecule has 0 radical (unpaired) electrons. The molecule has 0 aliphatic heterocycles. The zero-order valence-electron chi connectivity index (χ0n) is 10.7. The van der Waals surface area contributed by atoms with Crippen LogP contribution in [0.4, 0.5) is 13.2 Å². The van der Waals surface area contributed by atoms with E-state index in [9.17, 15) is 13.2 Å². The van der Waals surface area contributed by atoms with Gasteiger partial charge >= 0.3 is 6.18 Å². The van der Waals surface area contributed by atoms with Crippen LogP contribution in [0.3, 0.4) is 0 Å². The highest BCUT2D eigenvalue weighted by Crippen LogP contribution is 2.28. The number of rotatable bonds is 6. The van der Waals surface area contributed by atoms with Gasteiger partial charge in [0.1, 0.15) is 0 Å². The topological polar surface area (TPSA) is 29.3 Å². The smallest absolute Gasteiger partial charge is 0.393 e. The molecular formula is C13H17F3N2S. The number of thiocarbonyl (C=S) groups is 1. The number of nitrogens with two attached hydrogens (primary N) is 1. The average Bonchev–Trinajstić information content (AvgIpc) is 2.33. The zero-order valence-corrected chi connectivity index (χ0v) is 11.5. The summed E-state index contributed by atoms with van der Waals surface area (Å²) < 4.78 is 37.8. The largest absolute Gasteiger partial charge is 0.401 e. The van der Waals surface area contributed by atoms with Gasteiger partial charge in [0, 0.05) is 12.5 Å². The van der Waals surface area contributed by atoms with Gasteiger partial charge in [-0.05, 0) is 12.1 Å². The van der Waals surface area contributed by atoms with E-state index < -0.39 is 18.8 Å². The summed E-state index contributed by atoms with van der Waals surface area (Å²) in [6.45, 7) is 1.01. The molecule has 2 N–H and O–H groups in total. The van der Waals surface area contributed by atoms with E-state index in [-0.39, 0.29) is 18.0 Å². The molecule has 1 unspecified atom stereocenters. The number of alkyl halides is 3. The molecule has 2 nitrogen and oxygen atoms in total. The molecular weight excluding hydrogens is 273 g/mol. The second-order valence-corrected chi connectivity index (χ2v) is 4.80. The predicted octanol–water partition coefficient (Wildman–Crippen LogP) is 3.29. The van der Waals surface area contributed by atoms with Crippen molar-refractivity contribution in [3.05, 3.63) is 35.9 Å². The monoisotopic (exact) mass is 290 g/mol. The van der Waals surface area contributed by atoms with Gasteiger partial charge in [0.15, 0.2) is 0 Å². The lowest BCUT2D eigenvalue weighted by Gasteiger charge is -2.31. The van der Waals surface area contributed by atoms with Gasteiger partial charge in [0.05, 0.1) is 11.5 Å². The molecule has 106 valence electrons. The van der Waals surface area contributed by atoms with E-state index in [0.29, 0.717) is 0 Å². The van der Waals surface area contributed by atoms with Crippen molar-refractivity contribution in [1.82, 2.24) is 4.90 Å². The molecule has 0 saturated heterocycles. The summed E-state index contributed by atoms with van der Waals surface area (Å²) >= 11 is 4.85. The summed E-state index contributed by atoms with van der Waals surface area (Å²) in [5, 5.41) is 0. The molecule has 0 aliphatic rings. The van der Waals surface area contributed by atoms with E-state index in [4.69, 9.17) is 18.0 Å². The Hall–Kier alpha value is -1.14. The molecule has 0 bridgehead atoms. The van der Waals surface area contributed by atoms with Crippen LogP contribution in [-0.4, -0.2) is 29.2 Å². The summed E-state index contributed by atoms with van der Waals surface area (Å²) in [4.78, 5) is 1.56. The fourth-order valence-electron chi connectivity index (χ4n) is 2.00. The highest BCUT2D eigenvalue weighted by Gasteiger charge is 2.33. The van der Waals surface area contributed by atoms with E-state index >= 15 is 0 Å². The zero-order chi connectivity index (χ0) is 14.5. The van der Waals surface area contributed by atoms with Gasteiger partial charge in [-0.15, -0.1) is 0 Å². The maximum atomic E-state index is 12.6. The van der Waals surface area contributed by atoms with Crippen LogP contribution in [0.1, 0.15) is 24.9 Å². The van der Waals surface area contributed by atoms with Gasteiger partial charge in [-0.2, -0.15) is 13.2 Å². The minimum atomic E-state index is -4.24. The van der Waals surface area contributed by atoms with Crippen LogP contribution in [-0.2, 0) is 0 Å². The van der Waals surface area contributed by atoms with Crippen LogP contribution in [0.15, 0.2) is 30.3 Å². The first kappa shape index (κ1) is 15.9. The number of benzene rings is 1. The highest BCUT2D eigenvalue weighted by molar-refractivity contribution is 7.80. The second kappa shape index (κ2) is 6.86. The van der Waals surface area contributed by atoms with Crippen molar-refractivity contribution in [3.63, 3.8) is 0 Å². The molecule has 0 fully saturated rings. The second-order valence-electron chi connectivity index (χ2n) is 4.28. The number of hydrogen-bond acceptors (Lipinski definition) is 2. The van der Waals surface area contributed by atoms with E-state index in [1.807, 2.05) is 6.07 Å². The van der Waals surface area contributed by atoms with Crippen LogP contribution >= 0.6 is 12.2 Å². The fraction of sp³-hybridized carbons (Fsp3) is 0.462. The maximum absolute atomic E-state index is 12.6. The molecule has 1 aromatic carbocycles. The van der Waals surface area contributed by atoms with Crippen molar-refractivity contribution in [3.8, 4) is 0 Å². The van der Waals surface area contributed by atoms with Gasteiger partial charge in [-0.3, -0.25) is 4.90 Å². The Morgan fingerprint density at radius 2 is 1.89 bits per heavy atom. The van der Waals surface area contributed by atoms with Crippen molar-refractivity contribution < 1.29 is 13.2 Å². The first-order valence-electron chi connectivity index (χ1n) is 5.97. The van der Waals surface area contributed by atoms with Gasteiger partial charge in [0.25, 0.3) is 0 Å². The van der Waals surface area contributed by atoms with E-state index in [1.165, 1.54) is 4.90 Å². The van der Waals surface area contributed by atoms with Crippen LogP contribution in [0.25, 0.3) is 0 Å². The molecule has 0 aromatic heterocycles. The first-order valence-corrected chi connectivity index (χ1v) is 6.38. The minimum Gasteiger partial charge on any atom is -0.393 e. The van der Waals surface area contributed by atoms with E-state index in [1.54, 1.807) is 31.2 Å². The van der Waals surface area contributed by atoms with Gasteiger partial charge < -0.3 is 5.73 Å². The Kier molecular flexibility index (Phi) is 5.75.